The van der Waals surface area contributed by atoms with Crippen LogP contribution in [0.25, 0.3) is 0 Å². The molecule has 0 bridgehead atoms. The molecule has 104 valence electrons. The quantitative estimate of drug-likeness (QED) is 0.786. The van der Waals surface area contributed by atoms with Crippen LogP contribution in [0.3, 0.4) is 0 Å². The number of hydrogen-bond acceptors (Lipinski definition) is 3. The second-order valence-corrected chi connectivity index (χ2v) is 5.30. The van der Waals surface area contributed by atoms with E-state index in [0.717, 1.165) is 24.2 Å². The van der Waals surface area contributed by atoms with Crippen molar-refractivity contribution in [1.82, 2.24) is 5.32 Å². The van der Waals surface area contributed by atoms with E-state index in [1.807, 2.05) is 31.2 Å². The first-order chi connectivity index (χ1) is 9.15. The van der Waals surface area contributed by atoms with Gasteiger partial charge in [-0.25, -0.2) is 0 Å². The molecule has 0 aromatic heterocycles. The molecule has 2 rings (SSSR count). The number of nitrogens with one attached hydrogen (secondary N) is 1. The van der Waals surface area contributed by atoms with Crippen molar-refractivity contribution < 1.29 is 14.6 Å². The smallest absolute Gasteiger partial charge is 0.223 e. The Kier molecular flexibility index (Phi) is 4.43. The molecule has 1 amide bonds. The third-order valence-electron chi connectivity index (χ3n) is 3.63. The molecule has 0 spiro atoms. The number of benzene rings is 1. The van der Waals surface area contributed by atoms with Gasteiger partial charge in [0.1, 0.15) is 5.75 Å². The van der Waals surface area contributed by atoms with E-state index < -0.39 is 0 Å². The minimum Gasteiger partial charge on any atom is -0.493 e. The Morgan fingerprint density at radius 2 is 2.16 bits per heavy atom. The summed E-state index contributed by atoms with van der Waals surface area (Å²) in [6.07, 6.45) is 2.35. The van der Waals surface area contributed by atoms with Crippen LogP contribution in [0.2, 0.25) is 0 Å². The Labute approximate surface area is 113 Å². The molecule has 0 atom stereocenters. The van der Waals surface area contributed by atoms with Crippen molar-refractivity contribution in [3.05, 3.63) is 29.8 Å². The number of hydrogen-bond donors (Lipinski definition) is 2. The first kappa shape index (κ1) is 13.9. The highest BCUT2D eigenvalue weighted by molar-refractivity contribution is 5.76. The summed E-state index contributed by atoms with van der Waals surface area (Å²) in [5, 5.41) is 12.0. The zero-order valence-corrected chi connectivity index (χ0v) is 11.3. The van der Waals surface area contributed by atoms with Gasteiger partial charge in [-0.15, -0.1) is 0 Å². The molecule has 1 aliphatic rings. The lowest BCUT2D eigenvalue weighted by atomic mass is 10.1. The predicted octanol–water partition coefficient (Wildman–Crippen LogP) is 1.65. The summed E-state index contributed by atoms with van der Waals surface area (Å²) >= 11 is 0. The van der Waals surface area contributed by atoms with Crippen molar-refractivity contribution in [1.29, 1.82) is 0 Å². The number of rotatable bonds is 7. The monoisotopic (exact) mass is 263 g/mol. The van der Waals surface area contributed by atoms with Gasteiger partial charge in [0.05, 0.1) is 19.6 Å². The first-order valence-corrected chi connectivity index (χ1v) is 6.71. The summed E-state index contributed by atoms with van der Waals surface area (Å²) < 4.78 is 5.57. The van der Waals surface area contributed by atoms with Gasteiger partial charge in [-0.1, -0.05) is 18.2 Å². The summed E-state index contributed by atoms with van der Waals surface area (Å²) in [5.41, 5.74) is 1.03. The molecular weight excluding hydrogens is 242 g/mol. The van der Waals surface area contributed by atoms with Crippen molar-refractivity contribution in [2.24, 2.45) is 5.41 Å². The second kappa shape index (κ2) is 6.06. The molecule has 1 aromatic rings. The van der Waals surface area contributed by atoms with Crippen LogP contribution in [0.15, 0.2) is 24.3 Å². The van der Waals surface area contributed by atoms with Gasteiger partial charge in [-0.2, -0.15) is 0 Å². The summed E-state index contributed by atoms with van der Waals surface area (Å²) in [5.74, 6) is 0.803. The number of carbonyl (C=O) groups is 1. The third kappa shape index (κ3) is 3.96. The van der Waals surface area contributed by atoms with E-state index in [0.29, 0.717) is 19.6 Å². The van der Waals surface area contributed by atoms with Crippen LogP contribution in [-0.4, -0.2) is 30.8 Å². The van der Waals surface area contributed by atoms with Crippen LogP contribution in [0.4, 0.5) is 0 Å². The van der Waals surface area contributed by atoms with Crippen molar-refractivity contribution >= 4 is 5.91 Å². The van der Waals surface area contributed by atoms with Crippen LogP contribution >= 0.6 is 0 Å². The number of aliphatic hydroxyl groups is 1. The number of aryl methyl sites for hydroxylation is 1. The van der Waals surface area contributed by atoms with Gasteiger partial charge in [-0.05, 0) is 31.4 Å². The zero-order chi connectivity index (χ0) is 13.7. The van der Waals surface area contributed by atoms with E-state index in [-0.39, 0.29) is 17.9 Å². The van der Waals surface area contributed by atoms with Crippen LogP contribution < -0.4 is 10.1 Å². The number of carbonyl (C=O) groups excluding carboxylic acids is 1. The van der Waals surface area contributed by atoms with Gasteiger partial charge >= 0.3 is 0 Å². The fraction of sp³-hybridized carbons (Fsp3) is 0.533. The molecular formula is C15H21NO3. The van der Waals surface area contributed by atoms with Gasteiger partial charge in [-0.3, -0.25) is 4.79 Å². The SMILES string of the molecule is Cc1ccccc1OCCC(=O)NCC1(CO)CC1. The lowest BCUT2D eigenvalue weighted by molar-refractivity contribution is -0.121. The van der Waals surface area contributed by atoms with Crippen LogP contribution in [0.1, 0.15) is 24.8 Å². The van der Waals surface area contributed by atoms with Crippen molar-refractivity contribution in [3.63, 3.8) is 0 Å². The van der Waals surface area contributed by atoms with Crippen LogP contribution in [0, 0.1) is 12.3 Å². The fourth-order valence-corrected chi connectivity index (χ4v) is 1.91. The minimum absolute atomic E-state index is 0.0201. The lowest BCUT2D eigenvalue weighted by Gasteiger charge is -2.13. The number of ether oxygens (including phenoxy) is 1. The largest absolute Gasteiger partial charge is 0.493 e. The normalized spacial score (nSPS) is 15.9. The van der Waals surface area contributed by atoms with E-state index in [1.165, 1.54) is 0 Å². The third-order valence-corrected chi connectivity index (χ3v) is 3.63. The van der Waals surface area contributed by atoms with Gasteiger partial charge in [0, 0.05) is 12.0 Å². The van der Waals surface area contributed by atoms with Gasteiger partial charge < -0.3 is 15.2 Å². The lowest BCUT2D eigenvalue weighted by Crippen LogP contribution is -2.32. The Morgan fingerprint density at radius 1 is 1.42 bits per heavy atom. The molecule has 4 nitrogen and oxygen atoms in total. The van der Waals surface area contributed by atoms with Crippen molar-refractivity contribution in [3.8, 4) is 5.75 Å². The summed E-state index contributed by atoms with van der Waals surface area (Å²) in [6, 6.07) is 7.76. The number of amides is 1. The highest BCUT2D eigenvalue weighted by Gasteiger charge is 2.41. The molecule has 1 saturated carbocycles. The standard InChI is InChI=1S/C15H21NO3/c1-12-4-2-3-5-13(12)19-9-6-14(18)16-10-15(11-17)7-8-15/h2-5,17H,6-11H2,1H3,(H,16,18). The molecule has 1 aliphatic carbocycles. The Hall–Kier alpha value is -1.55. The van der Waals surface area contributed by atoms with Crippen LogP contribution in [-0.2, 0) is 4.79 Å². The minimum atomic E-state index is -0.0352. The molecule has 0 radical (unpaired) electrons. The first-order valence-electron chi connectivity index (χ1n) is 6.71. The Morgan fingerprint density at radius 3 is 2.79 bits per heavy atom. The summed E-state index contributed by atoms with van der Waals surface area (Å²) in [4.78, 5) is 11.6. The van der Waals surface area contributed by atoms with E-state index in [1.54, 1.807) is 0 Å². The molecule has 1 aromatic carbocycles. The maximum atomic E-state index is 11.6. The highest BCUT2D eigenvalue weighted by atomic mass is 16.5. The molecule has 0 saturated heterocycles. The molecule has 4 heteroatoms. The molecule has 2 N–H and O–H groups in total. The maximum Gasteiger partial charge on any atom is 0.223 e. The number of aliphatic hydroxyl groups excluding tert-OH is 1. The second-order valence-electron chi connectivity index (χ2n) is 5.30. The zero-order valence-electron chi connectivity index (χ0n) is 11.3. The van der Waals surface area contributed by atoms with E-state index >= 15 is 0 Å². The van der Waals surface area contributed by atoms with Gasteiger partial charge in [0.2, 0.25) is 5.91 Å². The molecule has 19 heavy (non-hydrogen) atoms. The Bertz CT molecular complexity index is 441. The average molecular weight is 263 g/mol. The van der Waals surface area contributed by atoms with Crippen LogP contribution in [0.5, 0.6) is 5.75 Å². The summed E-state index contributed by atoms with van der Waals surface area (Å²) in [6.45, 7) is 3.09. The predicted molar refractivity (Wildman–Crippen MR) is 73.1 cm³/mol. The summed E-state index contributed by atoms with van der Waals surface area (Å²) in [7, 11) is 0. The van der Waals surface area contributed by atoms with Crippen molar-refractivity contribution in [2.75, 3.05) is 19.8 Å². The van der Waals surface area contributed by atoms with E-state index in [4.69, 9.17) is 9.84 Å². The van der Waals surface area contributed by atoms with E-state index in [9.17, 15) is 4.79 Å². The molecule has 0 heterocycles. The topological polar surface area (TPSA) is 58.6 Å². The highest BCUT2D eigenvalue weighted by Crippen LogP contribution is 2.44. The number of para-hydroxylation sites is 1. The fourth-order valence-electron chi connectivity index (χ4n) is 1.91. The maximum absolute atomic E-state index is 11.6. The van der Waals surface area contributed by atoms with Gasteiger partial charge in [0.25, 0.3) is 0 Å². The van der Waals surface area contributed by atoms with E-state index in [2.05, 4.69) is 5.32 Å². The molecule has 0 aliphatic heterocycles. The molecule has 0 unspecified atom stereocenters. The average Bonchev–Trinajstić information content (AvgIpc) is 3.19. The molecule has 1 fully saturated rings. The van der Waals surface area contributed by atoms with Crippen molar-refractivity contribution in [2.45, 2.75) is 26.2 Å². The van der Waals surface area contributed by atoms with Gasteiger partial charge in [0.15, 0.2) is 0 Å². The Balaban J connectivity index is 1.65.